The number of carbonyl (C=O) groups is 1. The van der Waals surface area contributed by atoms with Crippen LogP contribution in [-0.4, -0.2) is 15.9 Å². The summed E-state index contributed by atoms with van der Waals surface area (Å²) in [6.07, 6.45) is 2.76. The molecule has 1 aromatic carbocycles. The summed E-state index contributed by atoms with van der Waals surface area (Å²) in [6.45, 7) is 1.95. The maximum Gasteiger partial charge on any atom is 0.252 e. The summed E-state index contributed by atoms with van der Waals surface area (Å²) in [4.78, 5) is 33.0. The molecule has 0 saturated carbocycles. The minimum absolute atomic E-state index is 0.177. The zero-order valence-corrected chi connectivity index (χ0v) is 14.4. The number of carbonyl (C=O) groups excluding carboxylic acids is 1. The van der Waals surface area contributed by atoms with Gasteiger partial charge in [0.25, 0.3) is 5.91 Å². The third-order valence-corrected chi connectivity index (χ3v) is 5.46. The van der Waals surface area contributed by atoms with Gasteiger partial charge < -0.3 is 10.3 Å². The van der Waals surface area contributed by atoms with Gasteiger partial charge in [-0.25, -0.2) is 9.37 Å². The summed E-state index contributed by atoms with van der Waals surface area (Å²) in [5.41, 5.74) is 1.14. The van der Waals surface area contributed by atoms with Crippen molar-refractivity contribution in [3.63, 3.8) is 0 Å². The number of fused-ring (bicyclic) bond motifs is 2. The van der Waals surface area contributed by atoms with E-state index in [1.54, 1.807) is 11.3 Å². The SMILES string of the molecule is Cc1nc2c(s1)CCC[C@H]2NC(=O)c1cc(=O)[nH]c2ccc(F)cc12. The van der Waals surface area contributed by atoms with Gasteiger partial charge in [0, 0.05) is 21.8 Å². The number of rotatable bonds is 2. The second kappa shape index (κ2) is 6.07. The Kier molecular flexibility index (Phi) is 3.88. The number of H-pyrrole nitrogens is 1. The van der Waals surface area contributed by atoms with E-state index in [4.69, 9.17) is 0 Å². The number of pyridine rings is 1. The smallest absolute Gasteiger partial charge is 0.252 e. The lowest BCUT2D eigenvalue weighted by molar-refractivity contribution is 0.0933. The molecule has 5 nitrogen and oxygen atoms in total. The van der Waals surface area contributed by atoms with E-state index >= 15 is 0 Å². The van der Waals surface area contributed by atoms with Crippen LogP contribution in [0, 0.1) is 12.7 Å². The number of hydrogen-bond donors (Lipinski definition) is 2. The molecule has 3 aromatic rings. The Morgan fingerprint density at radius 3 is 3.08 bits per heavy atom. The number of hydrogen-bond acceptors (Lipinski definition) is 4. The van der Waals surface area contributed by atoms with Crippen molar-refractivity contribution in [3.8, 4) is 0 Å². The zero-order chi connectivity index (χ0) is 17.6. The van der Waals surface area contributed by atoms with Gasteiger partial charge in [0.2, 0.25) is 5.56 Å². The summed E-state index contributed by atoms with van der Waals surface area (Å²) in [6, 6.07) is 5.02. The second-order valence-corrected chi connectivity index (χ2v) is 7.48. The van der Waals surface area contributed by atoms with Gasteiger partial charge in [0.15, 0.2) is 0 Å². The molecule has 1 aliphatic carbocycles. The lowest BCUT2D eigenvalue weighted by Crippen LogP contribution is -2.31. The summed E-state index contributed by atoms with van der Waals surface area (Å²) in [5.74, 6) is -0.839. The van der Waals surface area contributed by atoms with Crippen molar-refractivity contribution in [2.24, 2.45) is 0 Å². The van der Waals surface area contributed by atoms with Crippen LogP contribution in [0.5, 0.6) is 0 Å². The molecule has 25 heavy (non-hydrogen) atoms. The monoisotopic (exact) mass is 357 g/mol. The fraction of sp³-hybridized carbons (Fsp3) is 0.278. The second-order valence-electron chi connectivity index (χ2n) is 6.20. The van der Waals surface area contributed by atoms with Crippen LogP contribution in [0.25, 0.3) is 10.9 Å². The number of halogens is 1. The van der Waals surface area contributed by atoms with E-state index in [0.717, 1.165) is 30.0 Å². The Balaban J connectivity index is 1.72. The summed E-state index contributed by atoms with van der Waals surface area (Å²) in [5, 5.41) is 4.35. The molecule has 0 aliphatic heterocycles. The van der Waals surface area contributed by atoms with Crippen molar-refractivity contribution in [1.82, 2.24) is 15.3 Å². The Morgan fingerprint density at radius 1 is 1.40 bits per heavy atom. The van der Waals surface area contributed by atoms with Crippen molar-refractivity contribution in [1.29, 1.82) is 0 Å². The molecule has 7 heteroatoms. The molecule has 0 unspecified atom stereocenters. The molecule has 128 valence electrons. The highest BCUT2D eigenvalue weighted by Gasteiger charge is 2.26. The van der Waals surface area contributed by atoms with Crippen LogP contribution in [0.2, 0.25) is 0 Å². The number of thiazole rings is 1. The number of aryl methyl sites for hydroxylation is 2. The molecule has 0 saturated heterocycles. The van der Waals surface area contributed by atoms with Gasteiger partial charge in [-0.3, -0.25) is 9.59 Å². The van der Waals surface area contributed by atoms with Crippen LogP contribution >= 0.6 is 11.3 Å². The lowest BCUT2D eigenvalue weighted by atomic mass is 9.97. The Morgan fingerprint density at radius 2 is 2.24 bits per heavy atom. The van der Waals surface area contributed by atoms with E-state index in [1.807, 2.05) is 6.92 Å². The molecular formula is C18H16FN3O2S. The zero-order valence-electron chi connectivity index (χ0n) is 13.6. The molecule has 2 N–H and O–H groups in total. The summed E-state index contributed by atoms with van der Waals surface area (Å²) in [7, 11) is 0. The van der Waals surface area contributed by atoms with Crippen LogP contribution < -0.4 is 10.9 Å². The largest absolute Gasteiger partial charge is 0.344 e. The van der Waals surface area contributed by atoms with Crippen LogP contribution in [0.15, 0.2) is 29.1 Å². The molecule has 1 amide bonds. The maximum atomic E-state index is 13.6. The van der Waals surface area contributed by atoms with Crippen LogP contribution in [0.4, 0.5) is 4.39 Å². The van der Waals surface area contributed by atoms with Crippen molar-refractivity contribution in [2.75, 3.05) is 0 Å². The average Bonchev–Trinajstić information content (AvgIpc) is 2.96. The first-order valence-corrected chi connectivity index (χ1v) is 8.92. The molecule has 0 bridgehead atoms. The van der Waals surface area contributed by atoms with E-state index in [9.17, 15) is 14.0 Å². The van der Waals surface area contributed by atoms with Gasteiger partial charge in [-0.15, -0.1) is 11.3 Å². The van der Waals surface area contributed by atoms with Gasteiger partial charge >= 0.3 is 0 Å². The molecule has 0 radical (unpaired) electrons. The van der Waals surface area contributed by atoms with Crippen LogP contribution in [-0.2, 0) is 6.42 Å². The minimum Gasteiger partial charge on any atom is -0.344 e. The number of benzene rings is 1. The van der Waals surface area contributed by atoms with Gasteiger partial charge in [0.1, 0.15) is 5.82 Å². The maximum absolute atomic E-state index is 13.6. The molecular weight excluding hydrogens is 341 g/mol. The first-order chi connectivity index (χ1) is 12.0. The molecule has 1 atom stereocenters. The van der Waals surface area contributed by atoms with E-state index in [2.05, 4.69) is 15.3 Å². The third-order valence-electron chi connectivity index (χ3n) is 4.42. The topological polar surface area (TPSA) is 74.8 Å². The van der Waals surface area contributed by atoms with Gasteiger partial charge in [-0.2, -0.15) is 0 Å². The minimum atomic E-state index is -0.455. The standard InChI is InChI=1S/C18H16FN3O2S/c1-9-20-17-14(3-2-4-15(17)25-9)22-18(24)12-8-16(23)21-13-6-5-10(19)7-11(12)13/h5-8,14H,2-4H2,1H3,(H,21,23)(H,22,24)/t14-/m1/s1. The Hall–Kier alpha value is -2.54. The molecule has 4 rings (SSSR count). The fourth-order valence-corrected chi connectivity index (χ4v) is 4.37. The molecule has 1 aliphatic rings. The third kappa shape index (κ3) is 2.95. The summed E-state index contributed by atoms with van der Waals surface area (Å²) >= 11 is 1.66. The molecule has 2 heterocycles. The molecule has 0 spiro atoms. The van der Waals surface area contributed by atoms with Crippen molar-refractivity contribution < 1.29 is 9.18 Å². The van der Waals surface area contributed by atoms with Gasteiger partial charge in [0.05, 0.1) is 22.3 Å². The van der Waals surface area contributed by atoms with Crippen molar-refractivity contribution in [3.05, 3.63) is 61.6 Å². The van der Waals surface area contributed by atoms with E-state index < -0.39 is 11.4 Å². The highest BCUT2D eigenvalue weighted by molar-refractivity contribution is 7.11. The van der Waals surface area contributed by atoms with E-state index in [0.29, 0.717) is 10.9 Å². The normalized spacial score (nSPS) is 16.6. The quantitative estimate of drug-likeness (QED) is 0.739. The van der Waals surface area contributed by atoms with Gasteiger partial charge in [-0.1, -0.05) is 0 Å². The first kappa shape index (κ1) is 16.0. The number of amides is 1. The van der Waals surface area contributed by atoms with E-state index in [1.165, 1.54) is 29.1 Å². The Labute approximate surface area is 146 Å². The molecule has 2 aromatic heterocycles. The van der Waals surface area contributed by atoms with Crippen molar-refractivity contribution >= 4 is 28.1 Å². The molecule has 0 fully saturated rings. The lowest BCUT2D eigenvalue weighted by Gasteiger charge is -2.22. The highest BCUT2D eigenvalue weighted by Crippen LogP contribution is 2.33. The van der Waals surface area contributed by atoms with Crippen LogP contribution in [0.3, 0.4) is 0 Å². The number of aromatic amines is 1. The summed E-state index contributed by atoms with van der Waals surface area (Å²) < 4.78 is 13.6. The highest BCUT2D eigenvalue weighted by atomic mass is 32.1. The average molecular weight is 357 g/mol. The predicted octanol–water partition coefficient (Wildman–Crippen LogP) is 3.24. The van der Waals surface area contributed by atoms with Gasteiger partial charge in [-0.05, 0) is 44.4 Å². The first-order valence-electron chi connectivity index (χ1n) is 8.11. The number of aromatic nitrogens is 2. The Bertz CT molecular complexity index is 1040. The van der Waals surface area contributed by atoms with Crippen molar-refractivity contribution in [2.45, 2.75) is 32.2 Å². The predicted molar refractivity (Wildman–Crippen MR) is 94.5 cm³/mol. The fourth-order valence-electron chi connectivity index (χ4n) is 3.33. The number of nitrogens with one attached hydrogen (secondary N) is 2. The van der Waals surface area contributed by atoms with Crippen LogP contribution in [0.1, 0.15) is 44.8 Å². The number of nitrogens with zero attached hydrogens (tertiary/aromatic N) is 1. The van der Waals surface area contributed by atoms with E-state index in [-0.39, 0.29) is 17.5 Å².